The van der Waals surface area contributed by atoms with Crippen LogP contribution in [0.1, 0.15) is 22.3 Å². The smallest absolute Gasteiger partial charge is 0.194 e. The molecule has 6 heteroatoms. The van der Waals surface area contributed by atoms with Crippen molar-refractivity contribution in [1.29, 1.82) is 0 Å². The second-order valence-corrected chi connectivity index (χ2v) is 6.85. The lowest BCUT2D eigenvalue weighted by atomic mass is 10.0. The zero-order valence-corrected chi connectivity index (χ0v) is 15.8. The van der Waals surface area contributed by atoms with Crippen molar-refractivity contribution in [2.75, 3.05) is 12.5 Å². The molecule has 2 aromatic carbocycles. The summed E-state index contributed by atoms with van der Waals surface area (Å²) in [5.41, 5.74) is 1.01. The summed E-state index contributed by atoms with van der Waals surface area (Å²) >= 11 is 14.0. The molecule has 0 aliphatic carbocycles. The fraction of sp³-hybridized carbons (Fsp3) is 0.235. The molecule has 1 N–H and O–H groups in total. The summed E-state index contributed by atoms with van der Waals surface area (Å²) in [6.07, 6.45) is 0.204. The van der Waals surface area contributed by atoms with Gasteiger partial charge in [-0.05, 0) is 65.1 Å². The fourth-order valence-electron chi connectivity index (χ4n) is 2.02. The summed E-state index contributed by atoms with van der Waals surface area (Å²) < 4.78 is 6.61. The topological polar surface area (TPSA) is 46.5 Å². The normalized spacial score (nSPS) is 12.0. The summed E-state index contributed by atoms with van der Waals surface area (Å²) in [4.78, 5) is 12.5. The molecule has 3 nitrogen and oxygen atoms in total. The van der Waals surface area contributed by atoms with E-state index in [2.05, 4.69) is 22.6 Å². The van der Waals surface area contributed by atoms with Crippen LogP contribution >= 0.6 is 45.8 Å². The molecule has 1 atom stereocenters. The van der Waals surface area contributed by atoms with Gasteiger partial charge in [0.2, 0.25) is 0 Å². The number of benzene rings is 2. The van der Waals surface area contributed by atoms with Crippen LogP contribution in [0.2, 0.25) is 5.02 Å². The molecule has 0 unspecified atom stereocenters. The molecule has 0 bridgehead atoms. The molecule has 0 heterocycles. The highest BCUT2D eigenvalue weighted by molar-refractivity contribution is 14.1. The average molecular weight is 465 g/mol. The quantitative estimate of drug-likeness (QED) is 0.371. The highest BCUT2D eigenvalue weighted by Crippen LogP contribution is 2.23. The van der Waals surface area contributed by atoms with Gasteiger partial charge in [0, 0.05) is 27.7 Å². The van der Waals surface area contributed by atoms with Crippen LogP contribution in [-0.2, 0) is 0 Å². The van der Waals surface area contributed by atoms with E-state index in [4.69, 9.17) is 33.0 Å². The molecule has 0 fully saturated rings. The molecular formula is C17H15Cl2IO3. The summed E-state index contributed by atoms with van der Waals surface area (Å²) in [5, 5.41) is 9.37. The lowest BCUT2D eigenvalue weighted by molar-refractivity contribution is 0.103. The van der Waals surface area contributed by atoms with Crippen molar-refractivity contribution in [2.45, 2.75) is 12.5 Å². The first-order chi connectivity index (χ1) is 11.0. The predicted molar refractivity (Wildman–Crippen MR) is 101 cm³/mol. The molecule has 122 valence electrons. The molecule has 0 spiro atoms. The first kappa shape index (κ1) is 18.5. The van der Waals surface area contributed by atoms with Gasteiger partial charge in [-0.15, -0.1) is 11.6 Å². The van der Waals surface area contributed by atoms with Crippen LogP contribution in [0.15, 0.2) is 42.5 Å². The van der Waals surface area contributed by atoms with E-state index in [-0.39, 0.29) is 18.5 Å². The largest absolute Gasteiger partial charge is 0.489 e. The van der Waals surface area contributed by atoms with Gasteiger partial charge >= 0.3 is 0 Å². The maximum atomic E-state index is 12.5. The Morgan fingerprint density at radius 2 is 1.91 bits per heavy atom. The fourth-order valence-corrected chi connectivity index (χ4v) is 2.93. The van der Waals surface area contributed by atoms with E-state index < -0.39 is 0 Å². The van der Waals surface area contributed by atoms with E-state index in [1.165, 1.54) is 0 Å². The van der Waals surface area contributed by atoms with Crippen molar-refractivity contribution in [3.8, 4) is 5.75 Å². The Bertz CT molecular complexity index is 674. The third-order valence-corrected chi connectivity index (χ3v) is 4.56. The van der Waals surface area contributed by atoms with Crippen LogP contribution < -0.4 is 4.74 Å². The Labute approximate surface area is 158 Å². The zero-order valence-electron chi connectivity index (χ0n) is 12.1. The van der Waals surface area contributed by atoms with Crippen molar-refractivity contribution in [1.82, 2.24) is 0 Å². The van der Waals surface area contributed by atoms with Gasteiger partial charge in [-0.2, -0.15) is 0 Å². The standard InChI is InChI=1S/C17H15Cl2IO3/c18-10-14(7-8-21)23-13-4-1-11(2-5-13)17(22)15-9-12(20)3-6-16(15)19/h1-6,9,14,21H,7-8,10H2/t14-/m0/s1. The van der Waals surface area contributed by atoms with Crippen LogP contribution in [0.4, 0.5) is 0 Å². The minimum Gasteiger partial charge on any atom is -0.489 e. The van der Waals surface area contributed by atoms with Crippen molar-refractivity contribution in [3.05, 3.63) is 62.2 Å². The number of carbonyl (C=O) groups is 1. The molecule has 0 radical (unpaired) electrons. The zero-order chi connectivity index (χ0) is 16.8. The lowest BCUT2D eigenvalue weighted by Crippen LogP contribution is -2.19. The van der Waals surface area contributed by atoms with E-state index in [9.17, 15) is 4.79 Å². The lowest BCUT2D eigenvalue weighted by Gasteiger charge is -2.15. The Hall–Kier alpha value is -0.820. The van der Waals surface area contributed by atoms with Gasteiger partial charge in [0.15, 0.2) is 5.78 Å². The third-order valence-electron chi connectivity index (χ3n) is 3.22. The monoisotopic (exact) mass is 464 g/mol. The summed E-state index contributed by atoms with van der Waals surface area (Å²) in [7, 11) is 0. The van der Waals surface area contributed by atoms with Gasteiger partial charge in [-0.3, -0.25) is 4.79 Å². The Balaban J connectivity index is 2.15. The van der Waals surface area contributed by atoms with Gasteiger partial charge < -0.3 is 9.84 Å². The molecule has 2 aromatic rings. The molecular weight excluding hydrogens is 450 g/mol. The average Bonchev–Trinajstić information content (AvgIpc) is 2.56. The van der Waals surface area contributed by atoms with E-state index in [0.717, 1.165) is 3.57 Å². The summed E-state index contributed by atoms with van der Waals surface area (Å²) in [6, 6.07) is 12.1. The molecule has 2 rings (SSSR count). The van der Waals surface area contributed by atoms with Crippen LogP contribution in [0.25, 0.3) is 0 Å². The van der Waals surface area contributed by atoms with Crippen molar-refractivity contribution >= 4 is 51.6 Å². The molecule has 0 aliphatic heterocycles. The minimum absolute atomic E-state index is 0.0130. The van der Waals surface area contributed by atoms with Gasteiger partial charge in [0.05, 0.1) is 10.9 Å². The maximum Gasteiger partial charge on any atom is 0.194 e. The highest BCUT2D eigenvalue weighted by Gasteiger charge is 2.14. The number of rotatable bonds is 7. The van der Waals surface area contributed by atoms with Crippen LogP contribution in [0, 0.1) is 3.57 Å². The van der Waals surface area contributed by atoms with E-state index in [1.807, 2.05) is 6.07 Å². The molecule has 0 saturated heterocycles. The molecule has 23 heavy (non-hydrogen) atoms. The Morgan fingerprint density at radius 1 is 1.22 bits per heavy atom. The third kappa shape index (κ3) is 5.08. The van der Waals surface area contributed by atoms with E-state index >= 15 is 0 Å². The number of ether oxygens (including phenoxy) is 1. The number of alkyl halides is 1. The highest BCUT2D eigenvalue weighted by atomic mass is 127. The number of ketones is 1. The Kier molecular flexibility index (Phi) is 7.14. The number of hydrogen-bond donors (Lipinski definition) is 1. The van der Waals surface area contributed by atoms with Crippen LogP contribution in [-0.4, -0.2) is 29.5 Å². The van der Waals surface area contributed by atoms with Crippen molar-refractivity contribution in [2.24, 2.45) is 0 Å². The number of aliphatic hydroxyl groups is 1. The van der Waals surface area contributed by atoms with Crippen LogP contribution in [0.3, 0.4) is 0 Å². The van der Waals surface area contributed by atoms with Gasteiger partial charge in [0.1, 0.15) is 11.9 Å². The number of halogens is 3. The number of hydrogen-bond acceptors (Lipinski definition) is 3. The van der Waals surface area contributed by atoms with Gasteiger partial charge in [-0.25, -0.2) is 0 Å². The minimum atomic E-state index is -0.256. The molecule has 0 aromatic heterocycles. The molecule has 0 amide bonds. The first-order valence-corrected chi connectivity index (χ1v) is 8.97. The Morgan fingerprint density at radius 3 is 2.52 bits per heavy atom. The van der Waals surface area contributed by atoms with Crippen molar-refractivity contribution in [3.63, 3.8) is 0 Å². The SMILES string of the molecule is O=C(c1ccc(O[C@H](CCl)CCO)cc1)c1cc(I)ccc1Cl. The van der Waals surface area contributed by atoms with E-state index in [1.54, 1.807) is 36.4 Å². The van der Waals surface area contributed by atoms with Crippen LogP contribution in [0.5, 0.6) is 5.75 Å². The van der Waals surface area contributed by atoms with E-state index in [0.29, 0.717) is 34.2 Å². The molecule has 0 saturated carbocycles. The molecule has 0 aliphatic rings. The summed E-state index contributed by atoms with van der Waals surface area (Å²) in [6.45, 7) is 0.0130. The second kappa shape index (κ2) is 8.87. The predicted octanol–water partition coefficient (Wildman–Crippen LogP) is 4.54. The summed E-state index contributed by atoms with van der Waals surface area (Å²) in [5.74, 6) is 0.762. The number of carbonyl (C=O) groups excluding carboxylic acids is 1. The maximum absolute atomic E-state index is 12.5. The second-order valence-electron chi connectivity index (χ2n) is 4.88. The van der Waals surface area contributed by atoms with Gasteiger partial charge in [0.25, 0.3) is 0 Å². The van der Waals surface area contributed by atoms with Crippen molar-refractivity contribution < 1.29 is 14.6 Å². The first-order valence-electron chi connectivity index (χ1n) is 6.98. The number of aliphatic hydroxyl groups excluding tert-OH is 1. The van der Waals surface area contributed by atoms with Gasteiger partial charge in [-0.1, -0.05) is 11.6 Å².